The van der Waals surface area contributed by atoms with E-state index in [0.29, 0.717) is 13.0 Å². The van der Waals surface area contributed by atoms with Gasteiger partial charge in [0.25, 0.3) is 0 Å². The number of benzene rings is 2. The lowest BCUT2D eigenvalue weighted by molar-refractivity contribution is 0.193. The highest BCUT2D eigenvalue weighted by Gasteiger charge is 2.13. The van der Waals surface area contributed by atoms with E-state index in [1.165, 1.54) is 0 Å². The molecule has 0 unspecified atom stereocenters. The minimum Gasteiger partial charge on any atom is -0.485 e. The van der Waals surface area contributed by atoms with Gasteiger partial charge in [0.15, 0.2) is 0 Å². The molecule has 0 aliphatic heterocycles. The van der Waals surface area contributed by atoms with Gasteiger partial charge in [-0.05, 0) is 37.6 Å². The van der Waals surface area contributed by atoms with Gasteiger partial charge in [0, 0.05) is 10.5 Å². The number of hydrogen-bond donors (Lipinski definition) is 1. The number of halogens is 1. The van der Waals surface area contributed by atoms with Crippen molar-refractivity contribution in [2.75, 3.05) is 13.5 Å². The fraction of sp³-hybridized carbons (Fsp3) is 0.294. The maximum absolute atomic E-state index is 7.22. The van der Waals surface area contributed by atoms with Crippen molar-refractivity contribution in [3.8, 4) is 5.75 Å². The number of hydrogen-bond acceptors (Lipinski definition) is 2. The summed E-state index contributed by atoms with van der Waals surface area (Å²) in [5, 5.41) is 2.54. The number of rotatable bonds is 6. The summed E-state index contributed by atoms with van der Waals surface area (Å²) >= 11 is 0. The lowest BCUT2D eigenvalue weighted by Crippen LogP contribution is -2.16. The van der Waals surface area contributed by atoms with Crippen molar-refractivity contribution in [1.82, 2.24) is 5.32 Å². The van der Waals surface area contributed by atoms with E-state index in [0.717, 1.165) is 16.9 Å². The molecule has 108 valence electrons. The van der Waals surface area contributed by atoms with Crippen LogP contribution in [0.25, 0.3) is 0 Å². The van der Waals surface area contributed by atoms with E-state index in [4.69, 9.17) is 8.85 Å². The SMILES string of the molecule is Cl.[2H]C([2H])([2H])NCC[C@H](Oc1ccccc1C)c1ccccc1. The van der Waals surface area contributed by atoms with Gasteiger partial charge in [0.1, 0.15) is 11.9 Å². The van der Waals surface area contributed by atoms with Crippen LogP contribution in [0.1, 0.15) is 27.8 Å². The first-order chi connectivity index (χ1) is 10.5. The molecule has 2 aromatic carbocycles. The highest BCUT2D eigenvalue weighted by molar-refractivity contribution is 5.85. The molecule has 0 aliphatic rings. The maximum Gasteiger partial charge on any atom is 0.125 e. The largest absolute Gasteiger partial charge is 0.485 e. The van der Waals surface area contributed by atoms with E-state index < -0.39 is 6.98 Å². The number of aryl methyl sites for hydroxylation is 1. The molecule has 0 aromatic heterocycles. The first-order valence-electron chi connectivity index (χ1n) is 7.98. The number of para-hydroxylation sites is 1. The van der Waals surface area contributed by atoms with Crippen LogP contribution in [0, 0.1) is 6.92 Å². The predicted octanol–water partition coefficient (Wildman–Crippen LogP) is 4.15. The zero-order valence-electron chi connectivity index (χ0n) is 14.5. The number of ether oxygens (including phenoxy) is 1. The van der Waals surface area contributed by atoms with E-state index in [-0.39, 0.29) is 18.5 Å². The van der Waals surface area contributed by atoms with Gasteiger partial charge >= 0.3 is 0 Å². The van der Waals surface area contributed by atoms with Crippen molar-refractivity contribution in [3.63, 3.8) is 0 Å². The lowest BCUT2D eigenvalue weighted by atomic mass is 10.1. The Balaban J connectivity index is 0.00000264. The Morgan fingerprint density at radius 3 is 2.50 bits per heavy atom. The average Bonchev–Trinajstić information content (AvgIpc) is 2.48. The molecule has 0 heterocycles. The van der Waals surface area contributed by atoms with Crippen LogP contribution in [0.4, 0.5) is 0 Å². The van der Waals surface area contributed by atoms with Gasteiger partial charge in [-0.25, -0.2) is 0 Å². The zero-order valence-corrected chi connectivity index (χ0v) is 12.3. The molecule has 3 heteroatoms. The molecular weight excluding hydrogens is 270 g/mol. The fourth-order valence-corrected chi connectivity index (χ4v) is 2.01. The van der Waals surface area contributed by atoms with Crippen molar-refractivity contribution in [1.29, 1.82) is 0 Å². The molecule has 1 atom stereocenters. The van der Waals surface area contributed by atoms with Crippen LogP contribution in [0.3, 0.4) is 0 Å². The van der Waals surface area contributed by atoms with Crippen molar-refractivity contribution in [2.45, 2.75) is 19.4 Å². The molecule has 0 aliphatic carbocycles. The summed E-state index contributed by atoms with van der Waals surface area (Å²) in [5.41, 5.74) is 2.10. The molecule has 0 spiro atoms. The molecule has 2 nitrogen and oxygen atoms in total. The lowest BCUT2D eigenvalue weighted by Gasteiger charge is -2.20. The van der Waals surface area contributed by atoms with Crippen molar-refractivity contribution in [2.24, 2.45) is 0 Å². The molecule has 0 fully saturated rings. The summed E-state index contributed by atoms with van der Waals surface area (Å²) in [6.45, 7) is 0.240. The van der Waals surface area contributed by atoms with Crippen LogP contribution < -0.4 is 10.1 Å². The van der Waals surface area contributed by atoms with Crippen molar-refractivity contribution >= 4 is 12.4 Å². The van der Waals surface area contributed by atoms with Crippen LogP contribution in [0.15, 0.2) is 54.6 Å². The fourth-order valence-electron chi connectivity index (χ4n) is 2.01. The van der Waals surface area contributed by atoms with E-state index >= 15 is 0 Å². The second kappa shape index (κ2) is 8.62. The van der Waals surface area contributed by atoms with Crippen LogP contribution >= 0.6 is 12.4 Å². The second-order valence-electron chi connectivity index (χ2n) is 4.50. The van der Waals surface area contributed by atoms with Gasteiger partial charge in [-0.3, -0.25) is 0 Å². The van der Waals surface area contributed by atoms with E-state index in [9.17, 15) is 0 Å². The standard InChI is InChI=1S/C17H21NO.ClH/c1-14-8-6-7-11-16(14)19-17(12-13-18-2)15-9-4-3-5-10-15;/h3-11,17-18H,12-13H2,1-2H3;1H/t17-;/m0./s1/i2D3;. The average molecular weight is 295 g/mol. The van der Waals surface area contributed by atoms with Crippen LogP contribution in [-0.2, 0) is 0 Å². The second-order valence-corrected chi connectivity index (χ2v) is 4.50. The van der Waals surface area contributed by atoms with Gasteiger partial charge in [0.05, 0.1) is 0 Å². The van der Waals surface area contributed by atoms with Gasteiger partial charge in [-0.1, -0.05) is 48.5 Å². The Morgan fingerprint density at radius 1 is 1.10 bits per heavy atom. The minimum atomic E-state index is -2.12. The molecule has 0 saturated carbocycles. The highest BCUT2D eigenvalue weighted by atomic mass is 35.5. The molecule has 1 N–H and O–H groups in total. The Kier molecular flexibility index (Phi) is 5.28. The summed E-state index contributed by atoms with van der Waals surface area (Å²) < 4.78 is 27.8. The van der Waals surface area contributed by atoms with E-state index in [2.05, 4.69) is 5.32 Å². The molecule has 0 saturated heterocycles. The Labute approximate surface area is 131 Å². The van der Waals surface area contributed by atoms with Crippen LogP contribution in [0.5, 0.6) is 5.75 Å². The summed E-state index contributed by atoms with van der Waals surface area (Å²) in [6.07, 6.45) is 0.397. The summed E-state index contributed by atoms with van der Waals surface area (Å²) in [6, 6.07) is 17.7. The van der Waals surface area contributed by atoms with E-state index in [1.54, 1.807) is 0 Å². The van der Waals surface area contributed by atoms with Crippen molar-refractivity contribution < 1.29 is 8.85 Å². The van der Waals surface area contributed by atoms with Gasteiger partial charge in [-0.2, -0.15) is 0 Å². The smallest absolute Gasteiger partial charge is 0.125 e. The summed E-state index contributed by atoms with van der Waals surface area (Å²) in [4.78, 5) is 0. The molecular formula is C17H22ClNO. The normalized spacial score (nSPS) is 14.3. The first kappa shape index (κ1) is 12.2. The monoisotopic (exact) mass is 294 g/mol. The maximum atomic E-state index is 7.22. The molecule has 2 aromatic rings. The molecule has 0 bridgehead atoms. The molecule has 0 amide bonds. The Hall–Kier alpha value is -1.51. The third-order valence-electron chi connectivity index (χ3n) is 3.07. The Bertz CT molecular complexity index is 590. The zero-order chi connectivity index (χ0) is 16.0. The number of nitrogens with one attached hydrogen (secondary N) is 1. The third-order valence-corrected chi connectivity index (χ3v) is 3.07. The first-order valence-corrected chi connectivity index (χ1v) is 6.48. The molecule has 0 radical (unpaired) electrons. The molecule has 20 heavy (non-hydrogen) atoms. The van der Waals surface area contributed by atoms with Gasteiger partial charge < -0.3 is 10.1 Å². The van der Waals surface area contributed by atoms with Crippen molar-refractivity contribution in [3.05, 3.63) is 65.7 Å². The van der Waals surface area contributed by atoms with Gasteiger partial charge in [0.2, 0.25) is 0 Å². The third kappa shape index (κ3) is 4.55. The summed E-state index contributed by atoms with van der Waals surface area (Å²) in [7, 11) is 0. The van der Waals surface area contributed by atoms with Crippen LogP contribution in [0.2, 0.25) is 0 Å². The highest BCUT2D eigenvalue weighted by Crippen LogP contribution is 2.26. The quantitative estimate of drug-likeness (QED) is 0.864. The minimum absolute atomic E-state index is 0. The predicted molar refractivity (Wildman–Crippen MR) is 86.8 cm³/mol. The molecule has 2 rings (SSSR count). The van der Waals surface area contributed by atoms with E-state index in [1.807, 2.05) is 61.5 Å². The summed E-state index contributed by atoms with van der Waals surface area (Å²) in [5.74, 6) is 0.824. The van der Waals surface area contributed by atoms with Gasteiger partial charge in [-0.15, -0.1) is 12.4 Å². The Morgan fingerprint density at radius 2 is 1.80 bits per heavy atom. The topological polar surface area (TPSA) is 21.3 Å². The van der Waals surface area contributed by atoms with Crippen LogP contribution in [-0.4, -0.2) is 13.5 Å².